The molecule has 0 unspecified atom stereocenters. The van der Waals surface area contributed by atoms with E-state index in [1.165, 1.54) is 4.90 Å². The summed E-state index contributed by atoms with van der Waals surface area (Å²) in [5.74, 6) is 0.988. The molecule has 2 nitrogen and oxygen atoms in total. The summed E-state index contributed by atoms with van der Waals surface area (Å²) in [6.45, 7) is 6.94. The van der Waals surface area contributed by atoms with Gasteiger partial charge in [-0.25, -0.2) is 0 Å². The molecule has 15 heavy (non-hydrogen) atoms. The second kappa shape index (κ2) is 6.03. The van der Waals surface area contributed by atoms with E-state index in [-0.39, 0.29) is 0 Å². The second-order valence-electron chi connectivity index (χ2n) is 3.79. The van der Waals surface area contributed by atoms with Gasteiger partial charge in [0.1, 0.15) is 0 Å². The molecule has 0 saturated carbocycles. The topological polar surface area (TPSA) is 35.2 Å². The Morgan fingerprint density at radius 1 is 1.40 bits per heavy atom. The maximum Gasteiger partial charge on any atom is 0.0563 e. The molecule has 1 rings (SSSR count). The molecule has 0 aliphatic rings. The summed E-state index contributed by atoms with van der Waals surface area (Å²) in [5.41, 5.74) is 7.75. The highest BCUT2D eigenvalue weighted by Gasteiger charge is 1.98. The average molecular weight is 225 g/mol. The van der Waals surface area contributed by atoms with E-state index in [9.17, 15) is 0 Å². The Kier molecular flexibility index (Phi) is 4.99. The molecule has 0 aromatic heterocycles. The SMILES string of the molecule is Cc1cc(SCCOC(C)C)ccc1N. The number of rotatable bonds is 5. The lowest BCUT2D eigenvalue weighted by molar-refractivity contribution is 0.0920. The first-order valence-corrected chi connectivity index (χ1v) is 6.18. The minimum atomic E-state index is 0.318. The van der Waals surface area contributed by atoms with Crippen LogP contribution in [0.5, 0.6) is 0 Å². The minimum Gasteiger partial charge on any atom is -0.399 e. The summed E-state index contributed by atoms with van der Waals surface area (Å²) in [5, 5.41) is 0. The first-order chi connectivity index (χ1) is 7.09. The number of thioether (sulfide) groups is 1. The molecule has 0 atom stereocenters. The molecule has 0 aliphatic heterocycles. The Morgan fingerprint density at radius 2 is 2.13 bits per heavy atom. The zero-order valence-corrected chi connectivity index (χ0v) is 10.4. The molecule has 0 saturated heterocycles. The molecule has 0 spiro atoms. The van der Waals surface area contributed by atoms with Crippen LogP contribution in [-0.4, -0.2) is 18.5 Å². The molecule has 3 heteroatoms. The molecule has 0 heterocycles. The highest BCUT2D eigenvalue weighted by Crippen LogP contribution is 2.22. The molecule has 0 bridgehead atoms. The van der Waals surface area contributed by atoms with E-state index in [2.05, 4.69) is 26.0 Å². The molecule has 0 amide bonds. The fraction of sp³-hybridized carbons (Fsp3) is 0.500. The molecular weight excluding hydrogens is 206 g/mol. The van der Waals surface area contributed by atoms with Crippen molar-refractivity contribution in [2.75, 3.05) is 18.1 Å². The third-order valence-electron chi connectivity index (χ3n) is 2.04. The van der Waals surface area contributed by atoms with E-state index in [0.29, 0.717) is 6.10 Å². The third-order valence-corrected chi connectivity index (χ3v) is 3.00. The van der Waals surface area contributed by atoms with E-state index in [1.54, 1.807) is 11.8 Å². The Labute approximate surface area is 96.2 Å². The van der Waals surface area contributed by atoms with Crippen molar-refractivity contribution in [3.63, 3.8) is 0 Å². The predicted molar refractivity (Wildman–Crippen MR) is 67.4 cm³/mol. The molecule has 0 fully saturated rings. The Bertz CT molecular complexity index is 312. The summed E-state index contributed by atoms with van der Waals surface area (Å²) in [7, 11) is 0. The van der Waals surface area contributed by atoms with Crippen LogP contribution in [0.2, 0.25) is 0 Å². The van der Waals surface area contributed by atoms with Gasteiger partial charge in [-0.15, -0.1) is 11.8 Å². The van der Waals surface area contributed by atoms with E-state index in [1.807, 2.05) is 13.0 Å². The first kappa shape index (κ1) is 12.4. The van der Waals surface area contributed by atoms with Crippen LogP contribution in [0, 0.1) is 6.92 Å². The highest BCUT2D eigenvalue weighted by molar-refractivity contribution is 7.99. The van der Waals surface area contributed by atoms with E-state index >= 15 is 0 Å². The number of nitrogen functional groups attached to an aromatic ring is 1. The second-order valence-corrected chi connectivity index (χ2v) is 4.95. The Balaban J connectivity index is 2.35. The van der Waals surface area contributed by atoms with Gasteiger partial charge in [0.15, 0.2) is 0 Å². The van der Waals surface area contributed by atoms with Crippen molar-refractivity contribution in [1.82, 2.24) is 0 Å². The van der Waals surface area contributed by atoms with Crippen LogP contribution in [0.4, 0.5) is 5.69 Å². The van der Waals surface area contributed by atoms with Crippen LogP contribution in [0.25, 0.3) is 0 Å². The molecular formula is C12H19NOS. The van der Waals surface area contributed by atoms with Gasteiger partial charge in [0.2, 0.25) is 0 Å². The maximum atomic E-state index is 5.75. The average Bonchev–Trinajstić information content (AvgIpc) is 2.18. The lowest BCUT2D eigenvalue weighted by Gasteiger charge is -2.08. The van der Waals surface area contributed by atoms with Gasteiger partial charge in [-0.1, -0.05) is 0 Å². The van der Waals surface area contributed by atoms with Gasteiger partial charge >= 0.3 is 0 Å². The Morgan fingerprint density at radius 3 is 2.73 bits per heavy atom. The van der Waals surface area contributed by atoms with Crippen molar-refractivity contribution in [3.8, 4) is 0 Å². The first-order valence-electron chi connectivity index (χ1n) is 5.20. The number of hydrogen-bond donors (Lipinski definition) is 1. The molecule has 0 radical (unpaired) electrons. The lowest BCUT2D eigenvalue weighted by atomic mass is 10.2. The van der Waals surface area contributed by atoms with Gasteiger partial charge in [0.05, 0.1) is 12.7 Å². The standard InChI is InChI=1S/C12H19NOS/c1-9(2)14-6-7-15-11-4-5-12(13)10(3)8-11/h4-5,8-9H,6-7,13H2,1-3H3. The highest BCUT2D eigenvalue weighted by atomic mass is 32.2. The third kappa shape index (κ3) is 4.58. The summed E-state index contributed by atoms with van der Waals surface area (Å²) in [4.78, 5) is 1.26. The summed E-state index contributed by atoms with van der Waals surface area (Å²) < 4.78 is 5.47. The number of anilines is 1. The van der Waals surface area contributed by atoms with Gasteiger partial charge in [0.25, 0.3) is 0 Å². The number of aryl methyl sites for hydroxylation is 1. The van der Waals surface area contributed by atoms with Gasteiger partial charge < -0.3 is 10.5 Å². The molecule has 1 aromatic carbocycles. The maximum absolute atomic E-state index is 5.75. The molecule has 1 aromatic rings. The number of benzene rings is 1. The van der Waals surface area contributed by atoms with Crippen molar-refractivity contribution in [2.24, 2.45) is 0 Å². The van der Waals surface area contributed by atoms with Gasteiger partial charge in [-0.05, 0) is 44.5 Å². The minimum absolute atomic E-state index is 0.318. The molecule has 0 aliphatic carbocycles. The molecule has 84 valence electrons. The van der Waals surface area contributed by atoms with Crippen LogP contribution >= 0.6 is 11.8 Å². The van der Waals surface area contributed by atoms with Crippen molar-refractivity contribution < 1.29 is 4.74 Å². The zero-order chi connectivity index (χ0) is 11.3. The van der Waals surface area contributed by atoms with Crippen LogP contribution in [0.1, 0.15) is 19.4 Å². The number of ether oxygens (including phenoxy) is 1. The smallest absolute Gasteiger partial charge is 0.0563 e. The van der Waals surface area contributed by atoms with Crippen LogP contribution in [0.15, 0.2) is 23.1 Å². The van der Waals surface area contributed by atoms with E-state index in [0.717, 1.165) is 23.6 Å². The van der Waals surface area contributed by atoms with Crippen molar-refractivity contribution in [1.29, 1.82) is 0 Å². The van der Waals surface area contributed by atoms with Crippen molar-refractivity contribution >= 4 is 17.4 Å². The summed E-state index contributed by atoms with van der Waals surface area (Å²) >= 11 is 1.80. The number of nitrogens with two attached hydrogens (primary N) is 1. The number of hydrogen-bond acceptors (Lipinski definition) is 3. The monoisotopic (exact) mass is 225 g/mol. The quantitative estimate of drug-likeness (QED) is 0.475. The van der Waals surface area contributed by atoms with Crippen LogP contribution < -0.4 is 5.73 Å². The fourth-order valence-electron chi connectivity index (χ4n) is 1.18. The van der Waals surface area contributed by atoms with Crippen LogP contribution in [-0.2, 0) is 4.74 Å². The summed E-state index contributed by atoms with van der Waals surface area (Å²) in [6.07, 6.45) is 0.318. The lowest BCUT2D eigenvalue weighted by Crippen LogP contribution is -2.05. The largest absolute Gasteiger partial charge is 0.399 e. The van der Waals surface area contributed by atoms with Gasteiger partial charge in [0, 0.05) is 16.3 Å². The van der Waals surface area contributed by atoms with Gasteiger partial charge in [-0.3, -0.25) is 0 Å². The fourth-order valence-corrected chi connectivity index (χ4v) is 2.02. The van der Waals surface area contributed by atoms with Gasteiger partial charge in [-0.2, -0.15) is 0 Å². The zero-order valence-electron chi connectivity index (χ0n) is 9.62. The normalized spacial score (nSPS) is 10.9. The molecule has 2 N–H and O–H groups in total. The predicted octanol–water partition coefficient (Wildman–Crippen LogP) is 3.09. The van der Waals surface area contributed by atoms with E-state index < -0.39 is 0 Å². The van der Waals surface area contributed by atoms with Crippen molar-refractivity contribution in [2.45, 2.75) is 31.8 Å². The van der Waals surface area contributed by atoms with E-state index in [4.69, 9.17) is 10.5 Å². The van der Waals surface area contributed by atoms with Crippen LogP contribution in [0.3, 0.4) is 0 Å². The summed E-state index contributed by atoms with van der Waals surface area (Å²) in [6, 6.07) is 6.14. The Hall–Kier alpha value is -0.670. The van der Waals surface area contributed by atoms with Crippen molar-refractivity contribution in [3.05, 3.63) is 23.8 Å².